The van der Waals surface area contributed by atoms with Gasteiger partial charge in [0.15, 0.2) is 0 Å². The zero-order valence-corrected chi connectivity index (χ0v) is 19.1. The Bertz CT molecular complexity index is 1010. The van der Waals surface area contributed by atoms with Gasteiger partial charge in [0.2, 0.25) is 5.91 Å². The first-order valence-corrected chi connectivity index (χ1v) is 12.8. The summed E-state index contributed by atoms with van der Waals surface area (Å²) in [6.45, 7) is 3.60. The topological polar surface area (TPSA) is 40.5 Å². The van der Waals surface area contributed by atoms with Crippen LogP contribution >= 0.6 is 22.0 Å². The van der Waals surface area contributed by atoms with E-state index in [2.05, 4.69) is 0 Å². The fraction of sp³-hybridized carbons (Fsp3) is 0.318. The van der Waals surface area contributed by atoms with Crippen molar-refractivity contribution in [3.8, 4) is 0 Å². The third kappa shape index (κ3) is 6.26. The van der Waals surface area contributed by atoms with E-state index in [4.69, 9.17) is 0 Å². The lowest BCUT2D eigenvalue weighted by atomic mass is 9.97. The summed E-state index contributed by atoms with van der Waals surface area (Å²) in [5.74, 6) is 0.324. The molecule has 0 saturated carbocycles. The van der Waals surface area contributed by atoms with Gasteiger partial charge in [-0.15, -0.1) is 11.8 Å². The van der Waals surface area contributed by atoms with E-state index in [1.807, 2.05) is 23.6 Å². The molecule has 1 aliphatic heterocycles. The smallest absolute Gasteiger partial charge is 0.310 e. The summed E-state index contributed by atoms with van der Waals surface area (Å²) in [6, 6.07) is 9.47. The van der Waals surface area contributed by atoms with Crippen molar-refractivity contribution < 1.29 is 29.3 Å². The van der Waals surface area contributed by atoms with Gasteiger partial charge in [-0.3, -0.25) is 4.79 Å². The van der Waals surface area contributed by atoms with Crippen molar-refractivity contribution in [3.63, 3.8) is 0 Å². The standard InChI is InChI=1S/C22H24F5NO2S2/c1-22(2,30)18-7-3-17(4-8-18)14-28(19-11-12-31-15-19)21(29)13-16-5-9-20(10-6-16)32(23,24,25,26)27/h3-12,19,30H,13-15H2,1-2H3. The molecule has 3 nitrogen and oxygen atoms in total. The molecular weight excluding hydrogens is 469 g/mol. The van der Waals surface area contributed by atoms with Crippen LogP contribution in [0.4, 0.5) is 19.4 Å². The van der Waals surface area contributed by atoms with E-state index >= 15 is 0 Å². The highest BCUT2D eigenvalue weighted by molar-refractivity contribution is 8.45. The molecule has 0 aromatic heterocycles. The van der Waals surface area contributed by atoms with Gasteiger partial charge >= 0.3 is 10.2 Å². The molecule has 3 rings (SSSR count). The molecule has 0 radical (unpaired) electrons. The summed E-state index contributed by atoms with van der Waals surface area (Å²) in [7, 11) is -9.74. The number of hydrogen-bond donors (Lipinski definition) is 1. The first-order valence-electron chi connectivity index (χ1n) is 9.75. The maximum absolute atomic E-state index is 13.0. The van der Waals surface area contributed by atoms with Crippen molar-refractivity contribution in [2.75, 3.05) is 5.75 Å². The fourth-order valence-electron chi connectivity index (χ4n) is 3.30. The van der Waals surface area contributed by atoms with Crippen LogP contribution in [0.2, 0.25) is 0 Å². The van der Waals surface area contributed by atoms with Crippen molar-refractivity contribution in [2.24, 2.45) is 0 Å². The van der Waals surface area contributed by atoms with Gasteiger partial charge in [-0.25, -0.2) is 0 Å². The maximum atomic E-state index is 13.0. The molecule has 10 heteroatoms. The third-order valence-electron chi connectivity index (χ3n) is 5.12. The van der Waals surface area contributed by atoms with Gasteiger partial charge in [-0.1, -0.05) is 61.9 Å². The molecule has 0 aliphatic carbocycles. The van der Waals surface area contributed by atoms with Crippen LogP contribution in [0.25, 0.3) is 0 Å². The van der Waals surface area contributed by atoms with E-state index in [0.717, 1.165) is 23.3 Å². The summed E-state index contributed by atoms with van der Waals surface area (Å²) >= 11 is 1.54. The average Bonchev–Trinajstić information content (AvgIpc) is 3.18. The Hall–Kier alpha value is -2.04. The Kier molecular flexibility index (Phi) is 5.98. The minimum atomic E-state index is -9.74. The number of thioether (sulfide) groups is 1. The number of nitrogens with zero attached hydrogens (tertiary/aromatic N) is 1. The van der Waals surface area contributed by atoms with Gasteiger partial charge in [0, 0.05) is 12.3 Å². The van der Waals surface area contributed by atoms with Gasteiger partial charge in [0.25, 0.3) is 0 Å². The van der Waals surface area contributed by atoms with E-state index in [1.54, 1.807) is 42.6 Å². The van der Waals surface area contributed by atoms with Crippen LogP contribution in [0.5, 0.6) is 0 Å². The maximum Gasteiger partial charge on any atom is 0.310 e. The van der Waals surface area contributed by atoms with E-state index < -0.39 is 20.7 Å². The first kappa shape index (κ1) is 24.6. The molecule has 0 spiro atoms. The lowest BCUT2D eigenvalue weighted by Crippen LogP contribution is -2.40. The number of aliphatic hydroxyl groups is 1. The van der Waals surface area contributed by atoms with Crippen molar-refractivity contribution in [1.82, 2.24) is 4.90 Å². The molecule has 1 atom stereocenters. The molecule has 1 heterocycles. The van der Waals surface area contributed by atoms with Crippen LogP contribution in [0, 0.1) is 0 Å². The van der Waals surface area contributed by atoms with Crippen LogP contribution in [-0.2, 0) is 23.4 Å². The largest absolute Gasteiger partial charge is 0.386 e. The Labute approximate surface area is 188 Å². The predicted molar refractivity (Wildman–Crippen MR) is 119 cm³/mol. The molecule has 0 fully saturated rings. The molecule has 1 N–H and O–H groups in total. The summed E-state index contributed by atoms with van der Waals surface area (Å²) in [5.41, 5.74) is 0.769. The number of halogens is 5. The molecule has 176 valence electrons. The molecule has 32 heavy (non-hydrogen) atoms. The molecular formula is C22H24F5NO2S2. The zero-order chi connectivity index (χ0) is 23.8. The second-order valence-electron chi connectivity index (χ2n) is 8.30. The van der Waals surface area contributed by atoms with E-state index in [9.17, 15) is 29.3 Å². The number of benzene rings is 2. The number of hydrogen-bond acceptors (Lipinski definition) is 3. The molecule has 1 aliphatic rings. The van der Waals surface area contributed by atoms with E-state index in [0.29, 0.717) is 17.9 Å². The normalized spacial score (nSPS) is 18.8. The Morgan fingerprint density at radius 2 is 1.59 bits per heavy atom. The minimum Gasteiger partial charge on any atom is -0.386 e. The van der Waals surface area contributed by atoms with Gasteiger partial charge in [-0.05, 0) is 48.1 Å². The lowest BCUT2D eigenvalue weighted by Gasteiger charge is -2.40. The SMILES string of the molecule is CC(C)(O)c1ccc(CN(C(=O)Cc2ccc(S(F)(F)(F)(F)F)cc2)C2C=CSC2)cc1. The predicted octanol–water partition coefficient (Wildman–Crippen LogP) is 6.77. The van der Waals surface area contributed by atoms with Gasteiger partial charge in [0.05, 0.1) is 18.1 Å². The van der Waals surface area contributed by atoms with Gasteiger partial charge in [-0.2, -0.15) is 0 Å². The van der Waals surface area contributed by atoms with Crippen LogP contribution in [-0.4, -0.2) is 27.7 Å². The first-order chi connectivity index (χ1) is 14.5. The third-order valence-corrected chi connectivity index (χ3v) is 7.17. The van der Waals surface area contributed by atoms with Crippen LogP contribution < -0.4 is 0 Å². The molecule has 2 aromatic rings. The summed E-state index contributed by atoms with van der Waals surface area (Å²) in [6.07, 6.45) is 1.67. The highest BCUT2D eigenvalue weighted by Gasteiger charge is 2.65. The summed E-state index contributed by atoms with van der Waals surface area (Å²) in [4.78, 5) is 12.7. The van der Waals surface area contributed by atoms with Crippen LogP contribution in [0.3, 0.4) is 0 Å². The molecule has 0 saturated heterocycles. The second-order valence-corrected chi connectivity index (χ2v) is 11.6. The summed E-state index contributed by atoms with van der Waals surface area (Å²) < 4.78 is 64.6. The molecule has 1 amide bonds. The van der Waals surface area contributed by atoms with Crippen molar-refractivity contribution in [3.05, 3.63) is 76.7 Å². The van der Waals surface area contributed by atoms with Gasteiger partial charge < -0.3 is 10.0 Å². The Morgan fingerprint density at radius 3 is 2.06 bits per heavy atom. The highest BCUT2D eigenvalue weighted by Crippen LogP contribution is 3.02. The van der Waals surface area contributed by atoms with Crippen molar-refractivity contribution >= 4 is 27.9 Å². The number of amides is 1. The van der Waals surface area contributed by atoms with Crippen molar-refractivity contribution in [1.29, 1.82) is 0 Å². The van der Waals surface area contributed by atoms with E-state index in [1.165, 1.54) is 0 Å². The lowest BCUT2D eigenvalue weighted by molar-refractivity contribution is -0.132. The quantitative estimate of drug-likeness (QED) is 0.433. The average molecular weight is 494 g/mol. The Balaban J connectivity index is 1.78. The molecule has 2 aromatic carbocycles. The van der Waals surface area contributed by atoms with Crippen molar-refractivity contribution in [2.45, 2.75) is 43.4 Å². The highest BCUT2D eigenvalue weighted by atomic mass is 32.5. The molecule has 1 unspecified atom stereocenters. The number of rotatable bonds is 7. The monoisotopic (exact) mass is 493 g/mol. The summed E-state index contributed by atoms with van der Waals surface area (Å²) in [5, 5.41) is 12.0. The van der Waals surface area contributed by atoms with Crippen LogP contribution in [0.1, 0.15) is 30.5 Å². The van der Waals surface area contributed by atoms with Crippen LogP contribution in [0.15, 0.2) is 64.9 Å². The Morgan fingerprint density at radius 1 is 1.03 bits per heavy atom. The number of carbonyl (C=O) groups excluding carboxylic acids is 1. The molecule has 0 bridgehead atoms. The fourth-order valence-corrected chi connectivity index (χ4v) is 4.84. The number of carbonyl (C=O) groups is 1. The minimum absolute atomic E-state index is 0.189. The zero-order valence-electron chi connectivity index (χ0n) is 17.5. The van der Waals surface area contributed by atoms with E-state index in [-0.39, 0.29) is 30.5 Å². The van der Waals surface area contributed by atoms with Gasteiger partial charge in [0.1, 0.15) is 4.90 Å². The second kappa shape index (κ2) is 7.78.